The molecule has 2 aromatic rings. The second-order valence-corrected chi connectivity index (χ2v) is 8.05. The smallest absolute Gasteiger partial charge is 0.194 e. The fourth-order valence-corrected chi connectivity index (χ4v) is 4.17. The molecule has 2 fully saturated rings. The van der Waals surface area contributed by atoms with Gasteiger partial charge in [-0.15, -0.1) is 24.0 Å². The highest BCUT2D eigenvalue weighted by Gasteiger charge is 2.25. The molecule has 1 aliphatic carbocycles. The Hall–Kier alpha value is -1.81. The molecule has 1 unspecified atom stereocenters. The third kappa shape index (κ3) is 6.35. The molecule has 7 nitrogen and oxygen atoms in total. The first-order valence-corrected chi connectivity index (χ1v) is 11.1. The van der Waals surface area contributed by atoms with E-state index in [1.165, 1.54) is 12.8 Å². The Labute approximate surface area is 202 Å². The van der Waals surface area contributed by atoms with Gasteiger partial charge in [-0.05, 0) is 38.7 Å². The highest BCUT2D eigenvalue weighted by Crippen LogP contribution is 2.27. The first-order chi connectivity index (χ1) is 14.7. The second kappa shape index (κ2) is 11.7. The number of rotatable bonds is 6. The number of hydrogen-bond acceptors (Lipinski definition) is 4. The number of aromatic nitrogens is 2. The van der Waals surface area contributed by atoms with Crippen LogP contribution in [-0.2, 0) is 18.3 Å². The number of guanidine groups is 1. The van der Waals surface area contributed by atoms with E-state index in [-0.39, 0.29) is 30.1 Å². The van der Waals surface area contributed by atoms with Crippen molar-refractivity contribution in [3.63, 3.8) is 0 Å². The molecule has 0 bridgehead atoms. The summed E-state index contributed by atoms with van der Waals surface area (Å²) in [5.74, 6) is 1.89. The standard InChI is InChI=1S/C23H33N5O2.HI/c1-3-24-23(28-12-13-29-22(17-28)19-15-26-27(2)16-19)25-14-18-8-4-7-11-21(18)30-20-9-5-6-10-20;/h4,7-8,11,15-16,20,22H,3,5-6,9-10,12-14,17H2,1-2H3,(H,24,25);1H. The van der Waals surface area contributed by atoms with Crippen LogP contribution in [0.25, 0.3) is 0 Å². The van der Waals surface area contributed by atoms with Crippen LogP contribution < -0.4 is 10.1 Å². The number of benzene rings is 1. The second-order valence-electron chi connectivity index (χ2n) is 8.05. The van der Waals surface area contributed by atoms with Crippen LogP contribution in [0.3, 0.4) is 0 Å². The lowest BCUT2D eigenvalue weighted by atomic mass is 10.1. The van der Waals surface area contributed by atoms with E-state index in [0.29, 0.717) is 19.3 Å². The van der Waals surface area contributed by atoms with Crippen molar-refractivity contribution in [2.45, 2.75) is 51.4 Å². The average Bonchev–Trinajstić information content (AvgIpc) is 3.44. The van der Waals surface area contributed by atoms with Crippen LogP contribution in [0.5, 0.6) is 5.75 Å². The third-order valence-electron chi connectivity index (χ3n) is 5.77. The maximum absolute atomic E-state index is 6.29. The van der Waals surface area contributed by atoms with Gasteiger partial charge in [0.15, 0.2) is 5.96 Å². The van der Waals surface area contributed by atoms with Gasteiger partial charge in [-0.1, -0.05) is 18.2 Å². The maximum Gasteiger partial charge on any atom is 0.194 e. The summed E-state index contributed by atoms with van der Waals surface area (Å²) in [7, 11) is 1.93. The van der Waals surface area contributed by atoms with Gasteiger partial charge in [0.2, 0.25) is 0 Å². The summed E-state index contributed by atoms with van der Waals surface area (Å²) in [5.41, 5.74) is 2.24. The Bertz CT molecular complexity index is 850. The highest BCUT2D eigenvalue weighted by atomic mass is 127. The lowest BCUT2D eigenvalue weighted by Crippen LogP contribution is -2.48. The molecule has 1 aromatic carbocycles. The number of ether oxygens (including phenoxy) is 2. The first-order valence-electron chi connectivity index (χ1n) is 11.1. The molecule has 31 heavy (non-hydrogen) atoms. The summed E-state index contributed by atoms with van der Waals surface area (Å²) in [4.78, 5) is 7.23. The number of para-hydroxylation sites is 1. The molecular weight excluding hydrogens is 505 g/mol. The number of halogens is 1. The molecule has 1 aliphatic heterocycles. The predicted octanol–water partition coefficient (Wildman–Crippen LogP) is 3.90. The van der Waals surface area contributed by atoms with Gasteiger partial charge < -0.3 is 19.7 Å². The summed E-state index contributed by atoms with van der Waals surface area (Å²) >= 11 is 0. The number of hydrogen-bond donors (Lipinski definition) is 1. The quantitative estimate of drug-likeness (QED) is 0.343. The van der Waals surface area contributed by atoms with Crippen molar-refractivity contribution in [3.05, 3.63) is 47.8 Å². The topological polar surface area (TPSA) is 63.9 Å². The van der Waals surface area contributed by atoms with E-state index in [0.717, 1.165) is 55.3 Å². The van der Waals surface area contributed by atoms with Crippen LogP contribution in [0.15, 0.2) is 41.7 Å². The van der Waals surface area contributed by atoms with Crippen molar-refractivity contribution in [1.29, 1.82) is 0 Å². The average molecular weight is 539 g/mol. The molecular formula is C23H34IN5O2. The number of aliphatic imine (C=N–C) groups is 1. The van der Waals surface area contributed by atoms with Gasteiger partial charge in [0.1, 0.15) is 11.9 Å². The minimum Gasteiger partial charge on any atom is -0.490 e. The van der Waals surface area contributed by atoms with Crippen molar-refractivity contribution < 1.29 is 9.47 Å². The summed E-state index contributed by atoms with van der Waals surface area (Å²) in [5, 5.41) is 7.74. The molecule has 1 atom stereocenters. The highest BCUT2D eigenvalue weighted by molar-refractivity contribution is 14.0. The lowest BCUT2D eigenvalue weighted by Gasteiger charge is -2.34. The fraction of sp³-hybridized carbons (Fsp3) is 0.565. The number of morpholine rings is 1. The van der Waals surface area contributed by atoms with E-state index in [9.17, 15) is 0 Å². The number of nitrogens with one attached hydrogen (secondary N) is 1. The number of nitrogens with zero attached hydrogens (tertiary/aromatic N) is 4. The van der Waals surface area contributed by atoms with Gasteiger partial charge in [-0.25, -0.2) is 4.99 Å². The van der Waals surface area contributed by atoms with Crippen LogP contribution in [-0.4, -0.2) is 53.0 Å². The first kappa shape index (κ1) is 23.8. The van der Waals surface area contributed by atoms with Gasteiger partial charge in [0, 0.05) is 37.5 Å². The zero-order valence-electron chi connectivity index (χ0n) is 18.5. The van der Waals surface area contributed by atoms with E-state index in [1.807, 2.05) is 30.2 Å². The third-order valence-corrected chi connectivity index (χ3v) is 5.77. The molecule has 0 amide bonds. The molecule has 2 aliphatic rings. The van der Waals surface area contributed by atoms with E-state index in [2.05, 4.69) is 40.4 Å². The zero-order chi connectivity index (χ0) is 20.8. The van der Waals surface area contributed by atoms with Gasteiger partial charge in [0.05, 0.1) is 32.0 Å². The molecule has 4 rings (SSSR count). The van der Waals surface area contributed by atoms with Gasteiger partial charge in [-0.2, -0.15) is 5.10 Å². The van der Waals surface area contributed by atoms with E-state index >= 15 is 0 Å². The predicted molar refractivity (Wildman–Crippen MR) is 133 cm³/mol. The normalized spacial score (nSPS) is 19.9. The molecule has 1 saturated heterocycles. The molecule has 0 radical (unpaired) electrons. The minimum atomic E-state index is 0. The molecule has 170 valence electrons. The van der Waals surface area contributed by atoms with Gasteiger partial charge >= 0.3 is 0 Å². The van der Waals surface area contributed by atoms with Crippen LogP contribution in [0.2, 0.25) is 0 Å². The molecule has 1 aromatic heterocycles. The Kier molecular flexibility index (Phi) is 9.01. The molecule has 8 heteroatoms. The summed E-state index contributed by atoms with van der Waals surface area (Å²) in [6, 6.07) is 8.30. The fourth-order valence-electron chi connectivity index (χ4n) is 4.17. The molecule has 1 N–H and O–H groups in total. The largest absolute Gasteiger partial charge is 0.490 e. The Morgan fingerprint density at radius 1 is 1.29 bits per heavy atom. The lowest BCUT2D eigenvalue weighted by molar-refractivity contribution is -0.00805. The SMILES string of the molecule is CCNC(=NCc1ccccc1OC1CCCC1)N1CCOC(c2cnn(C)c2)C1.I. The van der Waals surface area contributed by atoms with Crippen molar-refractivity contribution >= 4 is 29.9 Å². The summed E-state index contributed by atoms with van der Waals surface area (Å²) in [6.07, 6.45) is 9.11. The Morgan fingerprint density at radius 3 is 2.84 bits per heavy atom. The van der Waals surface area contributed by atoms with Crippen LogP contribution in [0.1, 0.15) is 49.8 Å². The monoisotopic (exact) mass is 539 g/mol. The Morgan fingerprint density at radius 2 is 2.10 bits per heavy atom. The zero-order valence-corrected chi connectivity index (χ0v) is 20.8. The van der Waals surface area contributed by atoms with Crippen molar-refractivity contribution in [3.8, 4) is 5.75 Å². The Balaban J connectivity index is 0.00000272. The maximum atomic E-state index is 6.29. The number of aryl methyl sites for hydroxylation is 1. The van der Waals surface area contributed by atoms with Crippen molar-refractivity contribution in [1.82, 2.24) is 20.0 Å². The van der Waals surface area contributed by atoms with E-state index < -0.39 is 0 Å². The van der Waals surface area contributed by atoms with Gasteiger partial charge in [-0.3, -0.25) is 4.68 Å². The minimum absolute atomic E-state index is 0. The van der Waals surface area contributed by atoms with Gasteiger partial charge in [0.25, 0.3) is 0 Å². The molecule has 0 spiro atoms. The van der Waals surface area contributed by atoms with Crippen molar-refractivity contribution in [2.75, 3.05) is 26.2 Å². The van der Waals surface area contributed by atoms with E-state index in [4.69, 9.17) is 14.5 Å². The summed E-state index contributed by atoms with van der Waals surface area (Å²) in [6.45, 7) is 5.78. The van der Waals surface area contributed by atoms with Crippen molar-refractivity contribution in [2.24, 2.45) is 12.0 Å². The molecule has 2 heterocycles. The van der Waals surface area contributed by atoms with E-state index in [1.54, 1.807) is 0 Å². The molecule has 1 saturated carbocycles. The summed E-state index contributed by atoms with van der Waals surface area (Å²) < 4.78 is 14.1. The van der Waals surface area contributed by atoms with Crippen LogP contribution >= 0.6 is 24.0 Å². The van der Waals surface area contributed by atoms with Crippen LogP contribution in [0, 0.1) is 0 Å². The van der Waals surface area contributed by atoms with Crippen LogP contribution in [0.4, 0.5) is 0 Å².